The summed E-state index contributed by atoms with van der Waals surface area (Å²) in [6.45, 7) is 7.15. The van der Waals surface area contributed by atoms with Gasteiger partial charge in [-0.25, -0.2) is 4.98 Å². The predicted molar refractivity (Wildman–Crippen MR) is 114 cm³/mol. The summed E-state index contributed by atoms with van der Waals surface area (Å²) in [6, 6.07) is 5.94. The monoisotopic (exact) mass is 383 g/mol. The highest BCUT2D eigenvalue weighted by Crippen LogP contribution is 2.28. The second-order valence-electron chi connectivity index (χ2n) is 7.28. The minimum Gasteiger partial charge on any atom is -0.491 e. The fraction of sp³-hybridized carbons (Fsp3) is 0.450. The number of rotatable bonds is 6. The quantitative estimate of drug-likeness (QED) is 0.448. The highest BCUT2D eigenvalue weighted by molar-refractivity contribution is 5.87. The Morgan fingerprint density at radius 2 is 2.21 bits per heavy atom. The van der Waals surface area contributed by atoms with Crippen molar-refractivity contribution in [1.29, 1.82) is 5.41 Å². The SMILES string of the molecule is COc1cnc(N2CCNC(C(C)C)CC2)nc1Nc1ccc(N)c(C=N)c1. The molecule has 0 saturated carbocycles. The third kappa shape index (κ3) is 4.51. The van der Waals surface area contributed by atoms with E-state index in [4.69, 9.17) is 20.9 Å². The van der Waals surface area contributed by atoms with Crippen LogP contribution in [0.15, 0.2) is 24.4 Å². The average Bonchev–Trinajstić information content (AvgIpc) is 2.96. The van der Waals surface area contributed by atoms with E-state index in [9.17, 15) is 0 Å². The zero-order valence-electron chi connectivity index (χ0n) is 16.7. The maximum atomic E-state index is 7.48. The first-order chi connectivity index (χ1) is 13.5. The number of nitrogens with one attached hydrogen (secondary N) is 3. The zero-order valence-corrected chi connectivity index (χ0v) is 16.7. The maximum absolute atomic E-state index is 7.48. The lowest BCUT2D eigenvalue weighted by atomic mass is 10.0. The maximum Gasteiger partial charge on any atom is 0.227 e. The van der Waals surface area contributed by atoms with Crippen LogP contribution in [0.5, 0.6) is 5.75 Å². The van der Waals surface area contributed by atoms with Crippen molar-refractivity contribution in [3.8, 4) is 5.75 Å². The zero-order chi connectivity index (χ0) is 20.1. The van der Waals surface area contributed by atoms with Crippen molar-refractivity contribution in [2.75, 3.05) is 42.7 Å². The number of hydrogen-bond donors (Lipinski definition) is 4. The lowest BCUT2D eigenvalue weighted by molar-refractivity contribution is 0.403. The number of ether oxygens (including phenoxy) is 1. The molecule has 1 saturated heterocycles. The molecule has 2 aromatic rings. The largest absolute Gasteiger partial charge is 0.491 e. The topological polar surface area (TPSA) is 112 Å². The molecule has 0 aliphatic carbocycles. The van der Waals surface area contributed by atoms with Gasteiger partial charge >= 0.3 is 0 Å². The van der Waals surface area contributed by atoms with Crippen LogP contribution in [0.3, 0.4) is 0 Å². The molecule has 0 amide bonds. The van der Waals surface area contributed by atoms with Crippen molar-refractivity contribution in [3.05, 3.63) is 30.0 Å². The molecule has 150 valence electrons. The number of benzene rings is 1. The van der Waals surface area contributed by atoms with Crippen LogP contribution in [0.1, 0.15) is 25.8 Å². The number of anilines is 4. The van der Waals surface area contributed by atoms with Crippen molar-refractivity contribution < 1.29 is 4.74 Å². The third-order valence-corrected chi connectivity index (χ3v) is 5.05. The van der Waals surface area contributed by atoms with E-state index in [0.717, 1.165) is 31.7 Å². The summed E-state index contributed by atoms with van der Waals surface area (Å²) in [5.74, 6) is 2.43. The third-order valence-electron chi connectivity index (χ3n) is 5.05. The summed E-state index contributed by atoms with van der Waals surface area (Å²) in [5.41, 5.74) is 7.87. The van der Waals surface area contributed by atoms with E-state index in [0.29, 0.717) is 40.7 Å². The van der Waals surface area contributed by atoms with Gasteiger partial charge in [0.1, 0.15) is 0 Å². The number of nitrogens with two attached hydrogens (primary N) is 1. The molecule has 8 heteroatoms. The standard InChI is InChI=1S/C20H29N7O/c1-13(2)17-6-8-27(9-7-23-17)20-24-12-18(28-3)19(26-20)25-15-4-5-16(22)14(10-15)11-21/h4-5,10-13,17,21,23H,6-9,22H2,1-3H3,(H,24,25,26). The Bertz CT molecular complexity index is 824. The number of aromatic nitrogens is 2. The molecule has 8 nitrogen and oxygen atoms in total. The molecule has 1 unspecified atom stereocenters. The molecule has 1 atom stereocenters. The van der Waals surface area contributed by atoms with Crippen molar-refractivity contribution in [2.45, 2.75) is 26.3 Å². The molecule has 28 heavy (non-hydrogen) atoms. The smallest absolute Gasteiger partial charge is 0.227 e. The molecule has 0 radical (unpaired) electrons. The molecule has 1 aliphatic rings. The molecule has 1 aromatic carbocycles. The minimum atomic E-state index is 0.509. The lowest BCUT2D eigenvalue weighted by Crippen LogP contribution is -2.34. The molecule has 0 spiro atoms. The van der Waals surface area contributed by atoms with Crippen molar-refractivity contribution >= 4 is 29.4 Å². The Balaban J connectivity index is 1.83. The number of nitrogen functional groups attached to an aromatic ring is 1. The van der Waals surface area contributed by atoms with Gasteiger partial charge in [0.05, 0.1) is 13.3 Å². The second-order valence-corrected chi connectivity index (χ2v) is 7.28. The minimum absolute atomic E-state index is 0.509. The first-order valence-electron chi connectivity index (χ1n) is 9.58. The van der Waals surface area contributed by atoms with E-state index in [1.54, 1.807) is 19.4 Å². The van der Waals surface area contributed by atoms with E-state index < -0.39 is 0 Å². The van der Waals surface area contributed by atoms with Crippen molar-refractivity contribution in [1.82, 2.24) is 15.3 Å². The van der Waals surface area contributed by atoms with Crippen LogP contribution in [0, 0.1) is 11.3 Å². The Hall–Kier alpha value is -2.87. The van der Waals surface area contributed by atoms with Gasteiger partial charge in [0, 0.05) is 48.8 Å². The van der Waals surface area contributed by atoms with Crippen LogP contribution in [0.2, 0.25) is 0 Å². The fourth-order valence-corrected chi connectivity index (χ4v) is 3.33. The highest BCUT2D eigenvalue weighted by Gasteiger charge is 2.21. The van der Waals surface area contributed by atoms with Crippen molar-refractivity contribution in [3.63, 3.8) is 0 Å². The summed E-state index contributed by atoms with van der Waals surface area (Å²) in [5, 5.41) is 14.4. The Morgan fingerprint density at radius 3 is 2.93 bits per heavy atom. The van der Waals surface area contributed by atoms with Gasteiger partial charge < -0.3 is 31.4 Å². The first-order valence-corrected chi connectivity index (χ1v) is 9.58. The van der Waals surface area contributed by atoms with E-state index in [2.05, 4.69) is 34.4 Å². The summed E-state index contributed by atoms with van der Waals surface area (Å²) < 4.78 is 5.43. The van der Waals surface area contributed by atoms with Crippen molar-refractivity contribution in [2.24, 2.45) is 5.92 Å². The van der Waals surface area contributed by atoms with Gasteiger partial charge in [0.25, 0.3) is 0 Å². The molecule has 2 heterocycles. The van der Waals surface area contributed by atoms with Crippen LogP contribution in [-0.2, 0) is 0 Å². The van der Waals surface area contributed by atoms with Crippen LogP contribution in [-0.4, -0.2) is 49.0 Å². The average molecular weight is 384 g/mol. The predicted octanol–water partition coefficient (Wildman–Crippen LogP) is 2.63. The lowest BCUT2D eigenvalue weighted by Gasteiger charge is -2.22. The van der Waals surface area contributed by atoms with E-state index >= 15 is 0 Å². The number of nitrogens with zero attached hydrogens (tertiary/aromatic N) is 3. The van der Waals surface area contributed by atoms with Crippen LogP contribution < -0.4 is 26.0 Å². The van der Waals surface area contributed by atoms with Gasteiger partial charge in [-0.2, -0.15) is 4.98 Å². The van der Waals surface area contributed by atoms with E-state index in [-0.39, 0.29) is 0 Å². The molecular formula is C20H29N7O. The molecule has 0 bridgehead atoms. The van der Waals surface area contributed by atoms with E-state index in [1.165, 1.54) is 6.21 Å². The number of hydrogen-bond acceptors (Lipinski definition) is 8. The normalized spacial score (nSPS) is 17.3. The Labute approximate surface area is 166 Å². The molecule has 1 fully saturated rings. The first kappa shape index (κ1) is 19.9. The number of methoxy groups -OCH3 is 1. The van der Waals surface area contributed by atoms with Gasteiger partial charge in [0.15, 0.2) is 11.6 Å². The molecule has 5 N–H and O–H groups in total. The summed E-state index contributed by atoms with van der Waals surface area (Å²) in [4.78, 5) is 11.4. The van der Waals surface area contributed by atoms with Gasteiger partial charge in [-0.3, -0.25) is 0 Å². The Morgan fingerprint density at radius 1 is 1.39 bits per heavy atom. The molecule has 3 rings (SSSR count). The molecule has 1 aromatic heterocycles. The summed E-state index contributed by atoms with van der Waals surface area (Å²) in [7, 11) is 1.60. The summed E-state index contributed by atoms with van der Waals surface area (Å²) >= 11 is 0. The highest BCUT2D eigenvalue weighted by atomic mass is 16.5. The van der Waals surface area contributed by atoms with Gasteiger partial charge in [-0.15, -0.1) is 0 Å². The van der Waals surface area contributed by atoms with Crippen LogP contribution in [0.4, 0.5) is 23.1 Å². The summed E-state index contributed by atoms with van der Waals surface area (Å²) in [6.07, 6.45) is 3.98. The van der Waals surface area contributed by atoms with Crippen LogP contribution >= 0.6 is 0 Å². The molecule has 1 aliphatic heterocycles. The van der Waals surface area contributed by atoms with Gasteiger partial charge in [-0.1, -0.05) is 13.8 Å². The van der Waals surface area contributed by atoms with Crippen LogP contribution in [0.25, 0.3) is 0 Å². The van der Waals surface area contributed by atoms with Gasteiger partial charge in [-0.05, 0) is 30.5 Å². The molecular weight excluding hydrogens is 354 g/mol. The Kier molecular flexibility index (Phi) is 6.30. The fourth-order valence-electron chi connectivity index (χ4n) is 3.33. The second kappa shape index (κ2) is 8.88. The van der Waals surface area contributed by atoms with E-state index in [1.807, 2.05) is 12.1 Å². The van der Waals surface area contributed by atoms with Gasteiger partial charge in [0.2, 0.25) is 5.95 Å².